The normalized spacial score (nSPS) is 34.9. The van der Waals surface area contributed by atoms with Crippen LogP contribution in [-0.2, 0) is 11.2 Å². The molecule has 200 valence electrons. The minimum Gasteiger partial charge on any atom is -0.378 e. The first-order valence-corrected chi connectivity index (χ1v) is 15.1. The van der Waals surface area contributed by atoms with Crippen molar-refractivity contribution in [2.24, 2.45) is 35.5 Å². The maximum Gasteiger partial charge on any atom is 0.251 e. The lowest BCUT2D eigenvalue weighted by atomic mass is 9.54. The number of hydrogen-bond donors (Lipinski definition) is 3. The molecule has 3 atom stereocenters. The van der Waals surface area contributed by atoms with E-state index >= 15 is 0 Å². The lowest BCUT2D eigenvalue weighted by Crippen LogP contribution is -2.55. The first kappa shape index (κ1) is 24.2. The Morgan fingerprint density at radius 1 is 0.868 bits per heavy atom. The quantitative estimate of drug-likeness (QED) is 0.418. The molecule has 0 saturated heterocycles. The second-order valence-corrected chi connectivity index (χ2v) is 13.2. The van der Waals surface area contributed by atoms with Gasteiger partial charge in [0.05, 0.1) is 6.04 Å². The summed E-state index contributed by atoms with van der Waals surface area (Å²) in [6.45, 7) is 2.20. The van der Waals surface area contributed by atoms with Gasteiger partial charge in [0, 0.05) is 28.9 Å². The molecule has 4 bridgehead atoms. The number of rotatable bonds is 5. The molecule has 1 aliphatic heterocycles. The highest BCUT2D eigenvalue weighted by Crippen LogP contribution is 2.53. The van der Waals surface area contributed by atoms with E-state index in [9.17, 15) is 9.59 Å². The van der Waals surface area contributed by atoms with Gasteiger partial charge in [-0.15, -0.1) is 0 Å². The largest absolute Gasteiger partial charge is 0.378 e. The van der Waals surface area contributed by atoms with E-state index in [1.807, 2.05) is 18.2 Å². The van der Waals surface area contributed by atoms with Crippen LogP contribution in [0, 0.1) is 35.5 Å². The Bertz CT molecular complexity index is 1190. The predicted molar refractivity (Wildman–Crippen MR) is 151 cm³/mol. The van der Waals surface area contributed by atoms with Crippen LogP contribution in [0.25, 0.3) is 0 Å². The molecule has 0 radical (unpaired) electrons. The molecule has 38 heavy (non-hydrogen) atoms. The van der Waals surface area contributed by atoms with Crippen molar-refractivity contribution in [3.63, 3.8) is 0 Å². The first-order chi connectivity index (χ1) is 18.5. The summed E-state index contributed by atoms with van der Waals surface area (Å²) in [4.78, 5) is 26.1. The zero-order valence-electron chi connectivity index (χ0n) is 22.5. The topological polar surface area (TPSA) is 70.2 Å². The highest BCUT2D eigenvalue weighted by Gasteiger charge is 2.48. The Balaban J connectivity index is 0.977. The highest BCUT2D eigenvalue weighted by atomic mass is 16.2. The van der Waals surface area contributed by atoms with Crippen LogP contribution >= 0.6 is 0 Å². The van der Waals surface area contributed by atoms with Crippen molar-refractivity contribution >= 4 is 23.2 Å². The Morgan fingerprint density at radius 2 is 1.58 bits per heavy atom. The van der Waals surface area contributed by atoms with Gasteiger partial charge in [-0.2, -0.15) is 0 Å². The average Bonchev–Trinajstić information content (AvgIpc) is 3.34. The fraction of sp³-hybridized carbons (Fsp3) is 0.576. The average molecular weight is 512 g/mol. The van der Waals surface area contributed by atoms with Crippen molar-refractivity contribution in [3.8, 4) is 0 Å². The van der Waals surface area contributed by atoms with Crippen molar-refractivity contribution in [3.05, 3.63) is 59.2 Å². The summed E-state index contributed by atoms with van der Waals surface area (Å²) in [6.07, 6.45) is 12.1. The Kier molecular flexibility index (Phi) is 6.21. The van der Waals surface area contributed by atoms with Crippen molar-refractivity contribution in [2.75, 3.05) is 10.6 Å². The molecule has 0 aromatic heterocycles. The molecular formula is C33H41N3O2. The van der Waals surface area contributed by atoms with E-state index in [0.717, 1.165) is 54.5 Å². The van der Waals surface area contributed by atoms with E-state index in [1.54, 1.807) is 0 Å². The molecule has 6 aliphatic rings. The molecule has 5 fully saturated rings. The minimum atomic E-state index is 0.0982. The zero-order valence-corrected chi connectivity index (χ0v) is 22.5. The number of nitrogens with one attached hydrogen (secondary N) is 3. The molecule has 0 spiro atoms. The summed E-state index contributed by atoms with van der Waals surface area (Å²) in [5.41, 5.74) is 5.18. The summed E-state index contributed by atoms with van der Waals surface area (Å²) >= 11 is 0. The Labute approximate surface area is 226 Å². The third kappa shape index (κ3) is 4.52. The molecule has 1 heterocycles. The van der Waals surface area contributed by atoms with Crippen LogP contribution in [0.4, 0.5) is 11.4 Å². The molecule has 5 aliphatic carbocycles. The van der Waals surface area contributed by atoms with Gasteiger partial charge in [0.15, 0.2) is 0 Å². The molecule has 5 saturated carbocycles. The fourth-order valence-electron chi connectivity index (χ4n) is 8.84. The second kappa shape index (κ2) is 9.73. The fourth-order valence-corrected chi connectivity index (χ4v) is 8.84. The lowest BCUT2D eigenvalue weighted by molar-refractivity contribution is -0.122. The summed E-state index contributed by atoms with van der Waals surface area (Å²) in [7, 11) is 0. The van der Waals surface area contributed by atoms with Gasteiger partial charge in [-0.25, -0.2) is 0 Å². The van der Waals surface area contributed by atoms with Gasteiger partial charge in [0.1, 0.15) is 0 Å². The molecular weight excluding hydrogens is 470 g/mol. The Hall–Kier alpha value is -2.82. The van der Waals surface area contributed by atoms with E-state index in [0.29, 0.717) is 23.8 Å². The van der Waals surface area contributed by atoms with Crippen LogP contribution in [0.5, 0.6) is 0 Å². The van der Waals surface area contributed by atoms with Crippen molar-refractivity contribution in [1.29, 1.82) is 0 Å². The van der Waals surface area contributed by atoms with E-state index in [2.05, 4.69) is 47.1 Å². The van der Waals surface area contributed by atoms with Crippen LogP contribution in [0.15, 0.2) is 42.5 Å². The maximum atomic E-state index is 13.3. The number of carbonyl (C=O) groups excluding carboxylic acids is 2. The molecule has 3 unspecified atom stereocenters. The standard InChI is InChI=1S/C33H41N3O2/c1-19-4-2-3-5-28(19)33(38)34-27-9-6-22(7-10-27)30-18-24-17-23(8-11-29(24)35-30)32(37)36-31-25-13-20-12-21(15-25)16-26(31)14-20/h6-11,17,19-21,25-26,28,30-31,35H,2-5,12-16,18H2,1H3,(H,34,38)(H,36,37). The molecule has 2 amide bonds. The summed E-state index contributed by atoms with van der Waals surface area (Å²) in [6, 6.07) is 15.0. The van der Waals surface area contributed by atoms with Gasteiger partial charge in [-0.05, 0) is 122 Å². The van der Waals surface area contributed by atoms with E-state index in [1.165, 1.54) is 49.7 Å². The number of fused-ring (bicyclic) bond motifs is 1. The monoisotopic (exact) mass is 511 g/mol. The van der Waals surface area contributed by atoms with Crippen molar-refractivity contribution in [1.82, 2.24) is 5.32 Å². The number of carbonyl (C=O) groups is 2. The van der Waals surface area contributed by atoms with Crippen LogP contribution in [0.1, 0.15) is 92.2 Å². The molecule has 2 aromatic rings. The summed E-state index contributed by atoms with van der Waals surface area (Å²) in [5, 5.41) is 10.3. The highest BCUT2D eigenvalue weighted by molar-refractivity contribution is 5.95. The van der Waals surface area contributed by atoms with Crippen molar-refractivity contribution < 1.29 is 9.59 Å². The first-order valence-electron chi connectivity index (χ1n) is 15.1. The third-order valence-electron chi connectivity index (χ3n) is 10.7. The van der Waals surface area contributed by atoms with E-state index < -0.39 is 0 Å². The van der Waals surface area contributed by atoms with Gasteiger partial charge in [-0.1, -0.05) is 31.9 Å². The van der Waals surface area contributed by atoms with Gasteiger partial charge >= 0.3 is 0 Å². The van der Waals surface area contributed by atoms with Gasteiger partial charge in [0.2, 0.25) is 5.91 Å². The smallest absolute Gasteiger partial charge is 0.251 e. The lowest BCUT2D eigenvalue weighted by Gasteiger charge is -2.54. The van der Waals surface area contributed by atoms with E-state index in [-0.39, 0.29) is 23.8 Å². The second-order valence-electron chi connectivity index (χ2n) is 13.2. The SMILES string of the molecule is CC1CCCCC1C(=O)Nc1ccc(C2Cc3cc(C(=O)NC4C5CC6CC(C5)CC4C6)ccc3N2)cc1. The van der Waals surface area contributed by atoms with Crippen LogP contribution in [-0.4, -0.2) is 17.9 Å². The third-order valence-corrected chi connectivity index (χ3v) is 10.7. The Morgan fingerprint density at radius 3 is 2.29 bits per heavy atom. The van der Waals surface area contributed by atoms with Crippen LogP contribution in [0.2, 0.25) is 0 Å². The number of benzene rings is 2. The number of amides is 2. The molecule has 3 N–H and O–H groups in total. The number of hydrogen-bond acceptors (Lipinski definition) is 3. The summed E-state index contributed by atoms with van der Waals surface area (Å²) < 4.78 is 0. The van der Waals surface area contributed by atoms with Crippen LogP contribution in [0.3, 0.4) is 0 Å². The molecule has 5 heteroatoms. The number of anilines is 2. The van der Waals surface area contributed by atoms with Gasteiger partial charge < -0.3 is 16.0 Å². The predicted octanol–water partition coefficient (Wildman–Crippen LogP) is 6.72. The zero-order chi connectivity index (χ0) is 25.8. The van der Waals surface area contributed by atoms with E-state index in [4.69, 9.17) is 0 Å². The van der Waals surface area contributed by atoms with Gasteiger partial charge in [0.25, 0.3) is 5.91 Å². The van der Waals surface area contributed by atoms with Gasteiger partial charge in [-0.3, -0.25) is 9.59 Å². The summed E-state index contributed by atoms with van der Waals surface area (Å²) in [5.74, 6) is 4.06. The van der Waals surface area contributed by atoms with Crippen LogP contribution < -0.4 is 16.0 Å². The van der Waals surface area contributed by atoms with Crippen molar-refractivity contribution in [2.45, 2.75) is 83.2 Å². The molecule has 8 rings (SSSR count). The molecule has 5 nitrogen and oxygen atoms in total. The maximum absolute atomic E-state index is 13.3. The molecule has 2 aromatic carbocycles. The minimum absolute atomic E-state index is 0.0982.